The number of aryl methyl sites for hydroxylation is 1. The number of halogens is 1. The number of nitrogens with zero attached hydrogens (tertiary/aromatic N) is 2. The molecule has 1 aromatic carbocycles. The molecule has 0 amide bonds. The molecule has 0 unspecified atom stereocenters. The fraction of sp³-hybridized carbons (Fsp3) is 0.250. The number of hydrogen-bond acceptors (Lipinski definition) is 5. The molecule has 8 heteroatoms. The van der Waals surface area contributed by atoms with Crippen molar-refractivity contribution in [1.29, 1.82) is 0 Å². The molecule has 0 aliphatic rings. The minimum Gasteiger partial charge on any atom is -0.496 e. The highest BCUT2D eigenvalue weighted by atomic mass is 79.9. The Kier molecular flexibility index (Phi) is 4.66. The van der Waals surface area contributed by atoms with Crippen molar-refractivity contribution in [1.82, 2.24) is 14.8 Å². The molecule has 6 nitrogen and oxygen atoms in total. The van der Waals surface area contributed by atoms with Crippen LogP contribution in [0.15, 0.2) is 37.4 Å². The molecule has 1 N–H and O–H groups in total. The van der Waals surface area contributed by atoms with Crippen molar-refractivity contribution in [3.05, 3.63) is 48.9 Å². The van der Waals surface area contributed by atoms with E-state index in [2.05, 4.69) is 26.0 Å². The number of methoxy groups -OCH3 is 1. The molecule has 0 atom stereocenters. The van der Waals surface area contributed by atoms with E-state index in [-0.39, 0.29) is 0 Å². The third kappa shape index (κ3) is 3.31. The third-order valence-electron chi connectivity index (χ3n) is 2.53. The van der Waals surface area contributed by atoms with E-state index < -0.39 is 11.1 Å². The molecule has 0 fully saturated rings. The predicted octanol–water partition coefficient (Wildman–Crippen LogP) is 1.53. The second-order valence-corrected chi connectivity index (χ2v) is 5.75. The molecular formula is C12H12BrN3O3S. The summed E-state index contributed by atoms with van der Waals surface area (Å²) in [5.74, 6) is 1.38. The molecule has 0 saturated carbocycles. The van der Waals surface area contributed by atoms with Crippen molar-refractivity contribution >= 4 is 27.7 Å². The zero-order chi connectivity index (χ0) is 14.7. The Balaban J connectivity index is 2.17. The molecule has 0 saturated heterocycles. The Bertz CT molecular complexity index is 741. The number of hydrogen-bond donors (Lipinski definition) is 1. The van der Waals surface area contributed by atoms with Gasteiger partial charge in [-0.3, -0.25) is 19.4 Å². The van der Waals surface area contributed by atoms with Gasteiger partial charge in [-0.2, -0.15) is 4.98 Å². The Morgan fingerprint density at radius 2 is 2.20 bits per heavy atom. The highest BCUT2D eigenvalue weighted by molar-refractivity contribution is 9.10. The standard InChI is InChI=1S/C12H12BrN3O3S/c1-16-12(14-10(17)11(18)15-16)20-6-7-3-4-9(19-2)8(13)5-7/h3-5H,6H2,1-2H3,(H,15,18). The Morgan fingerprint density at radius 3 is 2.85 bits per heavy atom. The zero-order valence-corrected chi connectivity index (χ0v) is 13.2. The lowest BCUT2D eigenvalue weighted by Gasteiger charge is -2.07. The number of thioether (sulfide) groups is 1. The highest BCUT2D eigenvalue weighted by Gasteiger charge is 2.06. The largest absolute Gasteiger partial charge is 0.496 e. The van der Waals surface area contributed by atoms with Crippen LogP contribution in [0, 0.1) is 0 Å². The quantitative estimate of drug-likeness (QED) is 0.663. The van der Waals surface area contributed by atoms with Crippen molar-refractivity contribution in [2.75, 3.05) is 7.11 Å². The first-order valence-electron chi connectivity index (χ1n) is 5.64. The lowest BCUT2D eigenvalue weighted by molar-refractivity contribution is 0.412. The summed E-state index contributed by atoms with van der Waals surface area (Å²) in [6.45, 7) is 0. The van der Waals surface area contributed by atoms with Crippen LogP contribution < -0.4 is 15.9 Å². The van der Waals surface area contributed by atoms with E-state index in [9.17, 15) is 9.59 Å². The fourth-order valence-corrected chi connectivity index (χ4v) is 2.99. The van der Waals surface area contributed by atoms with E-state index in [1.165, 1.54) is 16.4 Å². The van der Waals surface area contributed by atoms with Crippen LogP contribution in [0.5, 0.6) is 5.75 Å². The summed E-state index contributed by atoms with van der Waals surface area (Å²) < 4.78 is 7.46. The van der Waals surface area contributed by atoms with E-state index in [0.29, 0.717) is 10.9 Å². The minimum atomic E-state index is -0.776. The Hall–Kier alpha value is -1.54. The third-order valence-corrected chi connectivity index (χ3v) is 4.25. The van der Waals surface area contributed by atoms with Crippen LogP contribution in [0.25, 0.3) is 0 Å². The summed E-state index contributed by atoms with van der Waals surface area (Å²) in [4.78, 5) is 26.1. The van der Waals surface area contributed by atoms with Crippen LogP contribution in [0.3, 0.4) is 0 Å². The van der Waals surface area contributed by atoms with Crippen LogP contribution in [-0.2, 0) is 12.8 Å². The number of benzene rings is 1. The molecular weight excluding hydrogens is 346 g/mol. The van der Waals surface area contributed by atoms with Crippen LogP contribution in [0.1, 0.15) is 5.56 Å². The number of H-pyrrole nitrogens is 1. The van der Waals surface area contributed by atoms with Crippen LogP contribution in [0.2, 0.25) is 0 Å². The molecule has 0 aliphatic heterocycles. The van der Waals surface area contributed by atoms with Gasteiger partial charge >= 0.3 is 11.1 Å². The SMILES string of the molecule is COc1ccc(CSc2nc(=O)c(=O)[nH]n2C)cc1Br. The average molecular weight is 358 g/mol. The lowest BCUT2D eigenvalue weighted by Crippen LogP contribution is -2.33. The molecule has 0 radical (unpaired) electrons. The first-order valence-corrected chi connectivity index (χ1v) is 7.41. The van der Waals surface area contributed by atoms with Gasteiger partial charge < -0.3 is 4.74 Å². The number of aromatic nitrogens is 3. The smallest absolute Gasteiger partial charge is 0.339 e. The Labute approximate surface area is 127 Å². The number of nitrogens with one attached hydrogen (secondary N) is 1. The first kappa shape index (κ1) is 14.9. The number of rotatable bonds is 4. The van der Waals surface area contributed by atoms with E-state index in [1.807, 2.05) is 18.2 Å². The lowest BCUT2D eigenvalue weighted by atomic mass is 10.2. The maximum Gasteiger partial charge on any atom is 0.339 e. The minimum absolute atomic E-state index is 0.460. The second-order valence-electron chi connectivity index (χ2n) is 3.96. The highest BCUT2D eigenvalue weighted by Crippen LogP contribution is 2.28. The maximum atomic E-state index is 11.2. The van der Waals surface area contributed by atoms with Crippen molar-refractivity contribution in [2.24, 2.45) is 7.05 Å². The molecule has 0 bridgehead atoms. The van der Waals surface area contributed by atoms with E-state index in [1.54, 1.807) is 14.2 Å². The summed E-state index contributed by atoms with van der Waals surface area (Å²) >= 11 is 4.78. The van der Waals surface area contributed by atoms with Crippen LogP contribution in [-0.4, -0.2) is 21.9 Å². The van der Waals surface area contributed by atoms with E-state index in [0.717, 1.165) is 15.8 Å². The van der Waals surface area contributed by atoms with Gasteiger partial charge in [0.1, 0.15) is 5.75 Å². The van der Waals surface area contributed by atoms with Crippen LogP contribution in [0.4, 0.5) is 0 Å². The van der Waals surface area contributed by atoms with Gasteiger partial charge in [0.05, 0.1) is 11.6 Å². The first-order chi connectivity index (χ1) is 9.51. The van der Waals surface area contributed by atoms with Gasteiger partial charge in [0.15, 0.2) is 5.16 Å². The molecule has 20 heavy (non-hydrogen) atoms. The molecule has 0 aliphatic carbocycles. The van der Waals surface area contributed by atoms with Crippen molar-refractivity contribution in [3.63, 3.8) is 0 Å². The molecule has 1 aromatic heterocycles. The van der Waals surface area contributed by atoms with Gasteiger partial charge in [0.2, 0.25) is 0 Å². The van der Waals surface area contributed by atoms with Gasteiger partial charge in [-0.15, -0.1) is 0 Å². The summed E-state index contributed by atoms with van der Waals surface area (Å²) in [6.07, 6.45) is 0. The predicted molar refractivity (Wildman–Crippen MR) is 80.4 cm³/mol. The number of ether oxygens (including phenoxy) is 1. The van der Waals surface area contributed by atoms with Gasteiger partial charge in [-0.25, -0.2) is 0 Å². The summed E-state index contributed by atoms with van der Waals surface area (Å²) in [7, 11) is 3.24. The monoisotopic (exact) mass is 357 g/mol. The maximum absolute atomic E-state index is 11.2. The molecule has 106 valence electrons. The molecule has 0 spiro atoms. The fourth-order valence-electron chi connectivity index (χ4n) is 1.54. The van der Waals surface area contributed by atoms with Crippen molar-refractivity contribution in [2.45, 2.75) is 10.9 Å². The zero-order valence-electron chi connectivity index (χ0n) is 10.8. The van der Waals surface area contributed by atoms with E-state index in [4.69, 9.17) is 4.74 Å². The molecule has 1 heterocycles. The van der Waals surface area contributed by atoms with Gasteiger partial charge in [-0.05, 0) is 33.6 Å². The Morgan fingerprint density at radius 1 is 1.45 bits per heavy atom. The molecule has 2 rings (SSSR count). The summed E-state index contributed by atoms with van der Waals surface area (Å²) in [5.41, 5.74) is -0.450. The molecule has 2 aromatic rings. The van der Waals surface area contributed by atoms with E-state index >= 15 is 0 Å². The summed E-state index contributed by atoms with van der Waals surface area (Å²) in [5, 5.41) is 2.87. The van der Waals surface area contributed by atoms with Crippen molar-refractivity contribution < 1.29 is 4.74 Å². The normalized spacial score (nSPS) is 10.6. The van der Waals surface area contributed by atoms with Crippen molar-refractivity contribution in [3.8, 4) is 5.75 Å². The topological polar surface area (TPSA) is 77.0 Å². The van der Waals surface area contributed by atoms with Crippen LogP contribution >= 0.6 is 27.7 Å². The van der Waals surface area contributed by atoms with Gasteiger partial charge in [0.25, 0.3) is 0 Å². The summed E-state index contributed by atoms with van der Waals surface area (Å²) in [6, 6.07) is 5.73. The van der Waals surface area contributed by atoms with Gasteiger partial charge in [0, 0.05) is 12.8 Å². The average Bonchev–Trinajstić information content (AvgIpc) is 2.41. The van der Waals surface area contributed by atoms with Gasteiger partial charge in [-0.1, -0.05) is 17.8 Å². The second kappa shape index (κ2) is 6.27. The number of aromatic amines is 1.